The highest BCUT2D eigenvalue weighted by molar-refractivity contribution is 7.71. The molecule has 0 saturated heterocycles. The van der Waals surface area contributed by atoms with Crippen LogP contribution in [0.2, 0.25) is 0 Å². The van der Waals surface area contributed by atoms with Crippen LogP contribution in [-0.4, -0.2) is 21.1 Å². The van der Waals surface area contributed by atoms with Gasteiger partial charge in [0.05, 0.1) is 11.8 Å². The van der Waals surface area contributed by atoms with E-state index in [1.165, 1.54) is 16.3 Å². The molecule has 0 aliphatic carbocycles. The van der Waals surface area contributed by atoms with Crippen molar-refractivity contribution in [2.75, 3.05) is 0 Å². The molecule has 3 rings (SSSR count). The third-order valence-electron chi connectivity index (χ3n) is 3.81. The predicted molar refractivity (Wildman–Crippen MR) is 96.5 cm³/mol. The Balaban J connectivity index is 2.08. The Morgan fingerprint density at radius 3 is 2.50 bits per heavy atom. The second-order valence-corrected chi connectivity index (χ2v) is 6.09. The van der Waals surface area contributed by atoms with Gasteiger partial charge in [-0.2, -0.15) is 14.9 Å². The molecule has 0 fully saturated rings. The molecule has 0 aliphatic rings. The molecule has 2 aromatic carbocycles. The molecule has 1 heterocycles. The molecule has 0 saturated carbocycles. The van der Waals surface area contributed by atoms with Crippen molar-refractivity contribution < 1.29 is 4.39 Å². The summed E-state index contributed by atoms with van der Waals surface area (Å²) in [7, 11) is 0. The summed E-state index contributed by atoms with van der Waals surface area (Å²) in [4.78, 5) is 0. The van der Waals surface area contributed by atoms with E-state index in [9.17, 15) is 4.39 Å². The van der Waals surface area contributed by atoms with E-state index < -0.39 is 0 Å². The lowest BCUT2D eigenvalue weighted by atomic mass is 10.0. The van der Waals surface area contributed by atoms with Crippen LogP contribution < -0.4 is 0 Å². The van der Waals surface area contributed by atoms with E-state index in [2.05, 4.69) is 34.4 Å². The number of aromatic nitrogens is 3. The number of aryl methyl sites for hydroxylation is 3. The number of nitrogens with zero attached hydrogens (tertiary/aromatic N) is 3. The lowest BCUT2D eigenvalue weighted by molar-refractivity contribution is 0.628. The zero-order chi connectivity index (χ0) is 17.3. The summed E-state index contributed by atoms with van der Waals surface area (Å²) in [6, 6.07) is 10.6. The number of halogens is 1. The quantitative estimate of drug-likeness (QED) is 0.561. The van der Waals surface area contributed by atoms with E-state index in [0.717, 1.165) is 16.7 Å². The van der Waals surface area contributed by atoms with Gasteiger partial charge in [0, 0.05) is 5.56 Å². The molecule has 122 valence electrons. The molecule has 4 nitrogen and oxygen atoms in total. The Morgan fingerprint density at radius 2 is 1.83 bits per heavy atom. The van der Waals surface area contributed by atoms with Crippen molar-refractivity contribution in [1.29, 1.82) is 0 Å². The Bertz CT molecular complexity index is 962. The van der Waals surface area contributed by atoms with Gasteiger partial charge < -0.3 is 0 Å². The molecule has 24 heavy (non-hydrogen) atoms. The maximum absolute atomic E-state index is 14.0. The number of benzene rings is 2. The number of hydrogen-bond donors (Lipinski definition) is 1. The fourth-order valence-corrected chi connectivity index (χ4v) is 2.91. The lowest BCUT2D eigenvalue weighted by Gasteiger charge is -2.07. The summed E-state index contributed by atoms with van der Waals surface area (Å²) in [5, 5.41) is 11.2. The van der Waals surface area contributed by atoms with E-state index in [0.29, 0.717) is 16.2 Å². The minimum atomic E-state index is -0.370. The van der Waals surface area contributed by atoms with Gasteiger partial charge in [0.15, 0.2) is 5.82 Å². The minimum absolute atomic E-state index is 0.312. The van der Waals surface area contributed by atoms with E-state index in [4.69, 9.17) is 12.2 Å². The highest BCUT2D eigenvalue weighted by atomic mass is 32.1. The number of nitrogens with one attached hydrogen (secondary N) is 1. The highest BCUT2D eigenvalue weighted by Gasteiger charge is 2.12. The zero-order valence-electron chi connectivity index (χ0n) is 13.7. The van der Waals surface area contributed by atoms with Crippen molar-refractivity contribution >= 4 is 18.4 Å². The predicted octanol–water partition coefficient (Wildman–Crippen LogP) is 4.55. The van der Waals surface area contributed by atoms with Crippen LogP contribution in [0.1, 0.15) is 22.3 Å². The van der Waals surface area contributed by atoms with Gasteiger partial charge in [-0.15, -0.1) is 0 Å². The van der Waals surface area contributed by atoms with Crippen LogP contribution in [0, 0.1) is 31.4 Å². The smallest absolute Gasteiger partial charge is 0.216 e. The molecule has 0 spiro atoms. The first-order valence-corrected chi connectivity index (χ1v) is 7.92. The fraction of sp³-hybridized carbons (Fsp3) is 0.167. The number of aromatic amines is 1. The summed E-state index contributed by atoms with van der Waals surface area (Å²) in [6.45, 7) is 6.13. The molecule has 0 amide bonds. The third kappa shape index (κ3) is 3.05. The molecular formula is C18H17FN4S. The summed E-state index contributed by atoms with van der Waals surface area (Å²) >= 11 is 5.23. The molecule has 0 unspecified atom stereocenters. The number of hydrogen-bond acceptors (Lipinski definition) is 3. The van der Waals surface area contributed by atoms with Gasteiger partial charge in [-0.1, -0.05) is 29.8 Å². The van der Waals surface area contributed by atoms with Crippen LogP contribution in [0.4, 0.5) is 4.39 Å². The number of H-pyrrole nitrogens is 1. The second kappa shape index (κ2) is 6.49. The first-order chi connectivity index (χ1) is 11.5. The van der Waals surface area contributed by atoms with Crippen molar-refractivity contribution in [1.82, 2.24) is 14.9 Å². The Kier molecular flexibility index (Phi) is 4.40. The average Bonchev–Trinajstić information content (AvgIpc) is 2.88. The van der Waals surface area contributed by atoms with Crippen LogP contribution in [-0.2, 0) is 0 Å². The van der Waals surface area contributed by atoms with Gasteiger partial charge in [-0.3, -0.25) is 0 Å². The molecule has 0 atom stereocenters. The average molecular weight is 340 g/mol. The monoisotopic (exact) mass is 340 g/mol. The summed E-state index contributed by atoms with van der Waals surface area (Å²) in [5.74, 6) is -0.0255. The van der Waals surface area contributed by atoms with Crippen LogP contribution in [0.25, 0.3) is 11.4 Å². The summed E-state index contributed by atoms with van der Waals surface area (Å²) < 4.78 is 15.8. The van der Waals surface area contributed by atoms with Crippen LogP contribution in [0.5, 0.6) is 0 Å². The van der Waals surface area contributed by atoms with Gasteiger partial charge in [-0.05, 0) is 56.2 Å². The largest absolute Gasteiger partial charge is 0.250 e. The van der Waals surface area contributed by atoms with Gasteiger partial charge in [0.2, 0.25) is 4.77 Å². The molecule has 1 N–H and O–H groups in total. The van der Waals surface area contributed by atoms with Gasteiger partial charge >= 0.3 is 0 Å². The molecular weight excluding hydrogens is 323 g/mol. The molecule has 0 radical (unpaired) electrons. The van der Waals surface area contributed by atoms with Crippen molar-refractivity contribution in [2.24, 2.45) is 5.10 Å². The first-order valence-electron chi connectivity index (χ1n) is 7.52. The van der Waals surface area contributed by atoms with Crippen molar-refractivity contribution in [3.8, 4) is 11.4 Å². The van der Waals surface area contributed by atoms with Gasteiger partial charge in [0.25, 0.3) is 0 Å². The fourth-order valence-electron chi connectivity index (χ4n) is 2.73. The summed E-state index contributed by atoms with van der Waals surface area (Å²) in [5.41, 5.74) is 4.81. The van der Waals surface area contributed by atoms with E-state index in [1.54, 1.807) is 24.4 Å². The van der Waals surface area contributed by atoms with Gasteiger partial charge in [0.1, 0.15) is 5.82 Å². The molecule has 0 aliphatic heterocycles. The lowest BCUT2D eigenvalue weighted by Crippen LogP contribution is -1.99. The van der Waals surface area contributed by atoms with E-state index in [1.807, 2.05) is 13.8 Å². The molecule has 1 aromatic heterocycles. The Morgan fingerprint density at radius 1 is 1.17 bits per heavy atom. The highest BCUT2D eigenvalue weighted by Crippen LogP contribution is 2.21. The standard InChI is InChI=1S/C18H17FN4S/c1-11-8-12(2)15(13(3)9-11)10-20-23-17(21-22-18(23)24)14-6-4-5-7-16(14)19/h4-10H,1-3H3,(H,22,24)/b20-10-. The summed E-state index contributed by atoms with van der Waals surface area (Å²) in [6.07, 6.45) is 1.74. The number of rotatable bonds is 3. The Labute approximate surface area is 144 Å². The molecule has 0 bridgehead atoms. The van der Waals surface area contributed by atoms with Crippen LogP contribution in [0.15, 0.2) is 41.5 Å². The van der Waals surface area contributed by atoms with Crippen LogP contribution >= 0.6 is 12.2 Å². The SMILES string of the molecule is Cc1cc(C)c(/C=N\n2c(-c3ccccc3F)n[nH]c2=S)c(C)c1. The molecule has 3 aromatic rings. The van der Waals surface area contributed by atoms with Crippen molar-refractivity contribution in [3.63, 3.8) is 0 Å². The van der Waals surface area contributed by atoms with Gasteiger partial charge in [-0.25, -0.2) is 9.49 Å². The van der Waals surface area contributed by atoms with Crippen molar-refractivity contribution in [2.45, 2.75) is 20.8 Å². The second-order valence-electron chi connectivity index (χ2n) is 5.70. The third-order valence-corrected chi connectivity index (χ3v) is 4.07. The van der Waals surface area contributed by atoms with E-state index >= 15 is 0 Å². The van der Waals surface area contributed by atoms with Crippen molar-refractivity contribution in [3.05, 3.63) is 69.2 Å². The zero-order valence-corrected chi connectivity index (χ0v) is 14.5. The molecule has 6 heteroatoms. The maximum atomic E-state index is 14.0. The Hall–Kier alpha value is -2.60. The van der Waals surface area contributed by atoms with E-state index in [-0.39, 0.29) is 5.82 Å². The normalized spacial score (nSPS) is 11.3. The minimum Gasteiger partial charge on any atom is -0.250 e. The maximum Gasteiger partial charge on any atom is 0.216 e. The first kappa shape index (κ1) is 16.3. The topological polar surface area (TPSA) is 46.0 Å². The van der Waals surface area contributed by atoms with Crippen LogP contribution in [0.3, 0.4) is 0 Å².